The second-order valence-corrected chi connectivity index (χ2v) is 7.19. The van der Waals surface area contributed by atoms with Crippen molar-refractivity contribution in [2.75, 3.05) is 7.11 Å². The van der Waals surface area contributed by atoms with E-state index in [0.29, 0.717) is 0 Å². The number of methoxy groups -OCH3 is 1. The van der Waals surface area contributed by atoms with E-state index in [0.717, 1.165) is 44.0 Å². The van der Waals surface area contributed by atoms with E-state index in [9.17, 15) is 0 Å². The average Bonchev–Trinajstić information content (AvgIpc) is 3.42. The normalized spacial score (nSPS) is 11.1. The van der Waals surface area contributed by atoms with Gasteiger partial charge in [-0.05, 0) is 42.1 Å². The van der Waals surface area contributed by atoms with Gasteiger partial charge in [-0.2, -0.15) is 0 Å². The molecule has 1 N–H and O–H groups in total. The third kappa shape index (κ3) is 3.23. The fourth-order valence-corrected chi connectivity index (χ4v) is 4.02. The Morgan fingerprint density at radius 1 is 0.966 bits per heavy atom. The van der Waals surface area contributed by atoms with Gasteiger partial charge in [-0.1, -0.05) is 30.3 Å². The van der Waals surface area contributed by atoms with Gasteiger partial charge >= 0.3 is 0 Å². The summed E-state index contributed by atoms with van der Waals surface area (Å²) in [6.07, 6.45) is 3.40. The maximum Gasteiger partial charge on any atom is 0.202 e. The summed E-state index contributed by atoms with van der Waals surface area (Å²) in [4.78, 5) is 11.8. The monoisotopic (exact) mass is 400 g/mol. The Labute approximate surface area is 170 Å². The molecule has 2 aromatic carbocycles. The van der Waals surface area contributed by atoms with Crippen molar-refractivity contribution in [2.45, 2.75) is 10.2 Å². The lowest BCUT2D eigenvalue weighted by Gasteiger charge is -2.11. The van der Waals surface area contributed by atoms with E-state index >= 15 is 0 Å². The molecule has 0 unspecified atom stereocenters. The van der Waals surface area contributed by atoms with Crippen LogP contribution >= 0.6 is 11.8 Å². The predicted molar refractivity (Wildman–Crippen MR) is 111 cm³/mol. The molecule has 8 heteroatoms. The number of hydrogen-bond donors (Lipinski definition) is 1. The van der Waals surface area contributed by atoms with Crippen LogP contribution in [0.5, 0.6) is 5.75 Å². The van der Waals surface area contributed by atoms with E-state index in [2.05, 4.69) is 25.1 Å². The van der Waals surface area contributed by atoms with Crippen molar-refractivity contribution in [3.05, 3.63) is 73.2 Å². The molecule has 0 aliphatic rings. The summed E-state index contributed by atoms with van der Waals surface area (Å²) in [7, 11) is 1.65. The maximum absolute atomic E-state index is 5.38. The van der Waals surface area contributed by atoms with Gasteiger partial charge in [-0.25, -0.2) is 9.97 Å². The molecule has 142 valence electrons. The van der Waals surface area contributed by atoms with E-state index in [4.69, 9.17) is 4.74 Å². The molecule has 29 heavy (non-hydrogen) atoms. The van der Waals surface area contributed by atoms with Crippen molar-refractivity contribution < 1.29 is 4.74 Å². The van der Waals surface area contributed by atoms with Gasteiger partial charge < -0.3 is 9.72 Å². The number of rotatable bonds is 5. The molecule has 0 saturated heterocycles. The van der Waals surface area contributed by atoms with Crippen molar-refractivity contribution in [3.8, 4) is 22.8 Å². The maximum atomic E-state index is 5.38. The number of aromatic nitrogens is 6. The molecule has 3 heterocycles. The molecule has 0 radical (unpaired) electrons. The summed E-state index contributed by atoms with van der Waals surface area (Å²) in [5, 5.41) is 11.4. The van der Waals surface area contributed by atoms with Crippen molar-refractivity contribution in [3.63, 3.8) is 0 Å². The molecular weight excluding hydrogens is 384 g/mol. The number of H-pyrrole nitrogens is 1. The first-order valence-corrected chi connectivity index (χ1v) is 9.76. The largest absolute Gasteiger partial charge is 0.497 e. The SMILES string of the molecule is COc1cccc(-c2nnc(Sc3ncnc4[nH]ccc34)n2-c2ccccc2)c1. The molecule has 0 fully saturated rings. The zero-order valence-corrected chi connectivity index (χ0v) is 16.3. The minimum atomic E-state index is 0.718. The fraction of sp³-hybridized carbons (Fsp3) is 0.0476. The Balaban J connectivity index is 1.66. The minimum absolute atomic E-state index is 0.718. The highest BCUT2D eigenvalue weighted by molar-refractivity contribution is 7.99. The Morgan fingerprint density at radius 2 is 1.86 bits per heavy atom. The third-order valence-electron chi connectivity index (χ3n) is 4.48. The summed E-state index contributed by atoms with van der Waals surface area (Å²) in [6, 6.07) is 19.8. The van der Waals surface area contributed by atoms with Crippen molar-refractivity contribution in [1.82, 2.24) is 29.7 Å². The van der Waals surface area contributed by atoms with E-state index in [1.54, 1.807) is 13.4 Å². The molecule has 0 saturated carbocycles. The number of nitrogens with one attached hydrogen (secondary N) is 1. The lowest BCUT2D eigenvalue weighted by molar-refractivity contribution is 0.415. The molecule has 0 amide bonds. The molecule has 5 rings (SSSR count). The topological polar surface area (TPSA) is 81.5 Å². The standard InChI is InChI=1S/C21H16N6OS/c1-28-16-9-5-6-14(12-16)19-25-26-21(27(19)15-7-3-2-4-8-15)29-20-17-10-11-22-18(17)23-13-24-20/h2-13H,1H3,(H,22,23,24). The number of para-hydroxylation sites is 1. The number of fused-ring (bicyclic) bond motifs is 1. The molecule has 5 aromatic rings. The van der Waals surface area contributed by atoms with E-state index in [-0.39, 0.29) is 0 Å². The van der Waals surface area contributed by atoms with Crippen LogP contribution in [-0.4, -0.2) is 36.8 Å². The van der Waals surface area contributed by atoms with Crippen LogP contribution in [0.15, 0.2) is 83.4 Å². The number of hydrogen-bond acceptors (Lipinski definition) is 6. The second kappa shape index (κ2) is 7.40. The highest BCUT2D eigenvalue weighted by atomic mass is 32.2. The van der Waals surface area contributed by atoms with Gasteiger partial charge in [0.1, 0.15) is 22.7 Å². The van der Waals surface area contributed by atoms with Crippen LogP contribution in [0.4, 0.5) is 0 Å². The Bertz CT molecular complexity index is 1280. The highest BCUT2D eigenvalue weighted by Gasteiger charge is 2.19. The number of benzene rings is 2. The molecular formula is C21H16N6OS. The Hall–Kier alpha value is -3.65. The van der Waals surface area contributed by atoms with Crippen LogP contribution in [0.3, 0.4) is 0 Å². The van der Waals surface area contributed by atoms with Gasteiger partial charge in [0.05, 0.1) is 12.5 Å². The third-order valence-corrected chi connectivity index (χ3v) is 5.45. The summed E-state index contributed by atoms with van der Waals surface area (Å²) in [5.74, 6) is 1.50. The minimum Gasteiger partial charge on any atom is -0.497 e. The predicted octanol–water partition coefficient (Wildman–Crippen LogP) is 4.37. The smallest absolute Gasteiger partial charge is 0.202 e. The van der Waals surface area contributed by atoms with Crippen LogP contribution in [-0.2, 0) is 0 Å². The van der Waals surface area contributed by atoms with E-state index in [1.165, 1.54) is 11.8 Å². The van der Waals surface area contributed by atoms with Crippen molar-refractivity contribution >= 4 is 22.8 Å². The van der Waals surface area contributed by atoms with Crippen molar-refractivity contribution in [1.29, 1.82) is 0 Å². The Kier molecular flexibility index (Phi) is 4.45. The van der Waals surface area contributed by atoms with E-state index < -0.39 is 0 Å². The first-order valence-electron chi connectivity index (χ1n) is 8.95. The highest BCUT2D eigenvalue weighted by Crippen LogP contribution is 2.34. The summed E-state index contributed by atoms with van der Waals surface area (Å²) in [6.45, 7) is 0. The average molecular weight is 400 g/mol. The number of ether oxygens (including phenoxy) is 1. The molecule has 0 atom stereocenters. The second-order valence-electron chi connectivity index (χ2n) is 6.23. The van der Waals surface area contributed by atoms with Gasteiger partial charge in [-0.15, -0.1) is 10.2 Å². The van der Waals surface area contributed by atoms with Gasteiger partial charge in [0.15, 0.2) is 5.82 Å². The zero-order chi connectivity index (χ0) is 19.6. The quantitative estimate of drug-likeness (QED) is 0.441. The van der Waals surface area contributed by atoms with Gasteiger partial charge in [0.25, 0.3) is 0 Å². The van der Waals surface area contributed by atoms with Gasteiger partial charge in [0.2, 0.25) is 5.16 Å². The Morgan fingerprint density at radius 3 is 2.72 bits per heavy atom. The summed E-state index contributed by atoms with van der Waals surface area (Å²) < 4.78 is 7.41. The molecule has 0 aliphatic heterocycles. The first-order chi connectivity index (χ1) is 14.3. The van der Waals surface area contributed by atoms with Crippen LogP contribution in [0.25, 0.3) is 28.1 Å². The van der Waals surface area contributed by atoms with Crippen LogP contribution in [0.1, 0.15) is 0 Å². The van der Waals surface area contributed by atoms with Gasteiger partial charge in [-0.3, -0.25) is 4.57 Å². The van der Waals surface area contributed by atoms with Crippen molar-refractivity contribution in [2.24, 2.45) is 0 Å². The molecule has 0 aliphatic carbocycles. The zero-order valence-electron chi connectivity index (χ0n) is 15.5. The lowest BCUT2D eigenvalue weighted by atomic mass is 10.2. The van der Waals surface area contributed by atoms with Crippen LogP contribution in [0.2, 0.25) is 0 Å². The van der Waals surface area contributed by atoms with E-state index in [1.807, 2.05) is 71.4 Å². The number of aromatic amines is 1. The van der Waals surface area contributed by atoms with Crippen LogP contribution in [0, 0.1) is 0 Å². The molecule has 0 spiro atoms. The fourth-order valence-electron chi connectivity index (χ4n) is 3.11. The summed E-state index contributed by atoms with van der Waals surface area (Å²) in [5.41, 5.74) is 2.68. The number of nitrogens with zero attached hydrogens (tertiary/aromatic N) is 5. The molecule has 0 bridgehead atoms. The molecule has 3 aromatic heterocycles. The summed E-state index contributed by atoms with van der Waals surface area (Å²) >= 11 is 1.46. The first kappa shape index (κ1) is 17.4. The lowest BCUT2D eigenvalue weighted by Crippen LogP contribution is -2.00. The molecule has 7 nitrogen and oxygen atoms in total. The van der Waals surface area contributed by atoms with Crippen LogP contribution < -0.4 is 4.74 Å². The van der Waals surface area contributed by atoms with Gasteiger partial charge in [0, 0.05) is 17.4 Å².